The molecule has 94 valence electrons. The molecule has 0 fully saturated rings. The van der Waals surface area contributed by atoms with Crippen LogP contribution in [0.1, 0.15) is 27.2 Å². The van der Waals surface area contributed by atoms with Crippen molar-refractivity contribution in [2.24, 2.45) is 0 Å². The highest BCUT2D eigenvalue weighted by molar-refractivity contribution is 5.84. The van der Waals surface area contributed by atoms with Crippen molar-refractivity contribution in [2.45, 2.75) is 39.3 Å². The molecule has 0 radical (unpaired) electrons. The summed E-state index contributed by atoms with van der Waals surface area (Å²) in [6, 6.07) is 5.85. The Labute approximate surface area is 101 Å². The van der Waals surface area contributed by atoms with Gasteiger partial charge in [-0.1, -0.05) is 13.0 Å². The van der Waals surface area contributed by atoms with E-state index in [-0.39, 0.29) is 23.8 Å². The Balaban J connectivity index is 2.54. The third kappa shape index (κ3) is 4.43. The minimum Gasteiger partial charge on any atom is -0.374 e. The molecule has 2 N–H and O–H groups in total. The molecule has 3 nitrogen and oxygen atoms in total. The molecule has 0 heterocycles. The van der Waals surface area contributed by atoms with Gasteiger partial charge in [0.05, 0.1) is 0 Å². The predicted molar refractivity (Wildman–Crippen MR) is 67.4 cm³/mol. The number of carbonyl (C=O) groups excluding carboxylic acids is 1. The second-order valence-corrected chi connectivity index (χ2v) is 4.19. The minimum absolute atomic E-state index is 0.0800. The van der Waals surface area contributed by atoms with E-state index in [1.165, 1.54) is 12.1 Å². The number of amides is 1. The van der Waals surface area contributed by atoms with Gasteiger partial charge in [-0.2, -0.15) is 0 Å². The standard InChI is InChI=1S/C13H19FN2O/c1-4-9(2)15-13(17)10(3)16-12-7-5-6-11(14)8-12/h5-10,16H,4H2,1-3H3,(H,15,17). The monoisotopic (exact) mass is 238 g/mol. The van der Waals surface area contributed by atoms with Crippen LogP contribution in [-0.4, -0.2) is 18.0 Å². The van der Waals surface area contributed by atoms with Crippen molar-refractivity contribution in [3.63, 3.8) is 0 Å². The highest BCUT2D eigenvalue weighted by Gasteiger charge is 2.14. The molecule has 2 unspecified atom stereocenters. The van der Waals surface area contributed by atoms with Crippen LogP contribution in [0.4, 0.5) is 10.1 Å². The van der Waals surface area contributed by atoms with E-state index in [2.05, 4.69) is 10.6 Å². The molecule has 1 rings (SSSR count). The van der Waals surface area contributed by atoms with Crippen LogP contribution in [0, 0.1) is 5.82 Å². The molecule has 0 aromatic heterocycles. The Bertz CT molecular complexity index is 381. The van der Waals surface area contributed by atoms with Crippen molar-refractivity contribution >= 4 is 11.6 Å². The zero-order chi connectivity index (χ0) is 12.8. The minimum atomic E-state index is -0.384. The second kappa shape index (κ2) is 6.23. The van der Waals surface area contributed by atoms with Gasteiger partial charge in [0.1, 0.15) is 11.9 Å². The summed E-state index contributed by atoms with van der Waals surface area (Å²) in [5.41, 5.74) is 0.608. The molecule has 4 heteroatoms. The molecule has 2 atom stereocenters. The van der Waals surface area contributed by atoms with Crippen LogP contribution in [0.15, 0.2) is 24.3 Å². The number of anilines is 1. The summed E-state index contributed by atoms with van der Waals surface area (Å²) in [6.07, 6.45) is 0.887. The average molecular weight is 238 g/mol. The Kier molecular flexibility index (Phi) is 4.94. The van der Waals surface area contributed by atoms with Gasteiger partial charge in [-0.15, -0.1) is 0 Å². The first-order valence-corrected chi connectivity index (χ1v) is 5.85. The average Bonchev–Trinajstić information content (AvgIpc) is 2.28. The van der Waals surface area contributed by atoms with Crippen molar-refractivity contribution in [3.8, 4) is 0 Å². The summed E-state index contributed by atoms with van der Waals surface area (Å²) in [7, 11) is 0. The van der Waals surface area contributed by atoms with Gasteiger partial charge >= 0.3 is 0 Å². The number of nitrogens with one attached hydrogen (secondary N) is 2. The van der Waals surface area contributed by atoms with Gasteiger partial charge in [-0.05, 0) is 38.5 Å². The molecule has 0 saturated heterocycles. The maximum atomic E-state index is 12.9. The zero-order valence-electron chi connectivity index (χ0n) is 10.5. The van der Waals surface area contributed by atoms with E-state index in [1.807, 2.05) is 13.8 Å². The van der Waals surface area contributed by atoms with Crippen molar-refractivity contribution in [1.82, 2.24) is 5.32 Å². The third-order valence-electron chi connectivity index (χ3n) is 2.60. The highest BCUT2D eigenvalue weighted by atomic mass is 19.1. The van der Waals surface area contributed by atoms with Gasteiger partial charge in [0.15, 0.2) is 0 Å². The summed E-state index contributed by atoms with van der Waals surface area (Å²) >= 11 is 0. The van der Waals surface area contributed by atoms with Crippen LogP contribution in [0.3, 0.4) is 0 Å². The summed E-state index contributed by atoms with van der Waals surface area (Å²) in [4.78, 5) is 11.7. The maximum Gasteiger partial charge on any atom is 0.242 e. The number of benzene rings is 1. The molecule has 0 aliphatic heterocycles. The molecular formula is C13H19FN2O. The number of carbonyl (C=O) groups is 1. The van der Waals surface area contributed by atoms with Gasteiger partial charge in [0, 0.05) is 11.7 Å². The van der Waals surface area contributed by atoms with Crippen LogP contribution >= 0.6 is 0 Å². The molecular weight excluding hydrogens is 219 g/mol. The van der Waals surface area contributed by atoms with Crippen LogP contribution < -0.4 is 10.6 Å². The molecule has 1 aromatic carbocycles. The SMILES string of the molecule is CCC(C)NC(=O)C(C)Nc1cccc(F)c1. The van der Waals surface area contributed by atoms with E-state index in [1.54, 1.807) is 19.1 Å². The molecule has 0 aliphatic carbocycles. The maximum absolute atomic E-state index is 12.9. The normalized spacial score (nSPS) is 13.9. The van der Waals surface area contributed by atoms with Crippen LogP contribution in [0.2, 0.25) is 0 Å². The largest absolute Gasteiger partial charge is 0.374 e. The molecule has 17 heavy (non-hydrogen) atoms. The fourth-order valence-electron chi connectivity index (χ4n) is 1.36. The Morgan fingerprint density at radius 2 is 2.12 bits per heavy atom. The van der Waals surface area contributed by atoms with E-state index >= 15 is 0 Å². The van der Waals surface area contributed by atoms with Crippen molar-refractivity contribution in [1.29, 1.82) is 0 Å². The van der Waals surface area contributed by atoms with Crippen molar-refractivity contribution in [2.75, 3.05) is 5.32 Å². The van der Waals surface area contributed by atoms with E-state index in [4.69, 9.17) is 0 Å². The van der Waals surface area contributed by atoms with E-state index in [0.717, 1.165) is 6.42 Å². The van der Waals surface area contributed by atoms with Gasteiger partial charge < -0.3 is 10.6 Å². The molecule has 1 amide bonds. The summed E-state index contributed by atoms with van der Waals surface area (Å²) in [5, 5.41) is 5.83. The fourth-order valence-corrected chi connectivity index (χ4v) is 1.36. The van der Waals surface area contributed by atoms with Crippen LogP contribution in [0.5, 0.6) is 0 Å². The quantitative estimate of drug-likeness (QED) is 0.827. The van der Waals surface area contributed by atoms with Crippen LogP contribution in [-0.2, 0) is 4.79 Å². The molecule has 1 aromatic rings. The smallest absolute Gasteiger partial charge is 0.242 e. The second-order valence-electron chi connectivity index (χ2n) is 4.19. The summed E-state index contributed by atoms with van der Waals surface area (Å²) in [6.45, 7) is 5.71. The Hall–Kier alpha value is -1.58. The van der Waals surface area contributed by atoms with Gasteiger partial charge in [-0.3, -0.25) is 4.79 Å². The molecule has 0 saturated carbocycles. The third-order valence-corrected chi connectivity index (χ3v) is 2.60. The Morgan fingerprint density at radius 3 is 2.71 bits per heavy atom. The number of rotatable bonds is 5. The highest BCUT2D eigenvalue weighted by Crippen LogP contribution is 2.10. The first-order chi connectivity index (χ1) is 8.02. The molecule has 0 aliphatic rings. The topological polar surface area (TPSA) is 41.1 Å². The molecule has 0 spiro atoms. The van der Waals surface area contributed by atoms with E-state index in [0.29, 0.717) is 5.69 Å². The summed E-state index contributed by atoms with van der Waals surface area (Å²) in [5.74, 6) is -0.395. The number of halogens is 1. The fraction of sp³-hybridized carbons (Fsp3) is 0.462. The van der Waals surface area contributed by atoms with E-state index in [9.17, 15) is 9.18 Å². The Morgan fingerprint density at radius 1 is 1.41 bits per heavy atom. The van der Waals surface area contributed by atoms with Gasteiger partial charge in [0.25, 0.3) is 0 Å². The lowest BCUT2D eigenvalue weighted by Crippen LogP contribution is -2.41. The van der Waals surface area contributed by atoms with Crippen LogP contribution in [0.25, 0.3) is 0 Å². The lowest BCUT2D eigenvalue weighted by molar-refractivity contribution is -0.122. The first-order valence-electron chi connectivity index (χ1n) is 5.85. The van der Waals surface area contributed by atoms with Crippen molar-refractivity contribution < 1.29 is 9.18 Å². The van der Waals surface area contributed by atoms with Gasteiger partial charge in [-0.25, -0.2) is 4.39 Å². The lowest BCUT2D eigenvalue weighted by atomic mass is 10.2. The molecule has 0 bridgehead atoms. The number of hydrogen-bond donors (Lipinski definition) is 2. The lowest BCUT2D eigenvalue weighted by Gasteiger charge is -2.18. The summed E-state index contributed by atoms with van der Waals surface area (Å²) < 4.78 is 12.9. The van der Waals surface area contributed by atoms with Gasteiger partial charge in [0.2, 0.25) is 5.91 Å². The zero-order valence-corrected chi connectivity index (χ0v) is 10.5. The number of hydrogen-bond acceptors (Lipinski definition) is 2. The van der Waals surface area contributed by atoms with Crippen molar-refractivity contribution in [3.05, 3.63) is 30.1 Å². The first kappa shape index (κ1) is 13.5. The predicted octanol–water partition coefficient (Wildman–Crippen LogP) is 2.54. The van der Waals surface area contributed by atoms with E-state index < -0.39 is 0 Å².